The van der Waals surface area contributed by atoms with Crippen molar-refractivity contribution in [1.82, 2.24) is 4.90 Å². The number of hydrogen-bond acceptors (Lipinski definition) is 4. The number of morpholine rings is 1. The second kappa shape index (κ2) is 9.71. The molecule has 5 nitrogen and oxygen atoms in total. The Morgan fingerprint density at radius 1 is 1.18 bits per heavy atom. The molecule has 1 saturated heterocycles. The van der Waals surface area contributed by atoms with Crippen LogP contribution in [0.1, 0.15) is 36.5 Å². The Morgan fingerprint density at radius 2 is 1.96 bits per heavy atom. The van der Waals surface area contributed by atoms with Crippen molar-refractivity contribution in [3.8, 4) is 5.75 Å². The van der Waals surface area contributed by atoms with E-state index in [2.05, 4.69) is 36.2 Å². The van der Waals surface area contributed by atoms with Gasteiger partial charge in [0.2, 0.25) is 0 Å². The van der Waals surface area contributed by atoms with Crippen molar-refractivity contribution in [2.24, 2.45) is 0 Å². The van der Waals surface area contributed by atoms with Crippen LogP contribution in [0.15, 0.2) is 42.5 Å². The number of carbonyl (C=O) groups excluding carboxylic acids is 1. The fraction of sp³-hybridized carbons (Fsp3) is 0.435. The predicted molar refractivity (Wildman–Crippen MR) is 112 cm³/mol. The van der Waals surface area contributed by atoms with Gasteiger partial charge in [0.25, 0.3) is 5.91 Å². The van der Waals surface area contributed by atoms with Crippen LogP contribution in [-0.2, 0) is 16.1 Å². The van der Waals surface area contributed by atoms with E-state index < -0.39 is 0 Å². The third-order valence-corrected chi connectivity index (χ3v) is 4.96. The van der Waals surface area contributed by atoms with Gasteiger partial charge in [0.1, 0.15) is 5.75 Å². The predicted octanol–water partition coefficient (Wildman–Crippen LogP) is 3.97. The lowest BCUT2D eigenvalue weighted by molar-refractivity contribution is -0.118. The third kappa shape index (κ3) is 5.81. The maximum absolute atomic E-state index is 12.4. The van der Waals surface area contributed by atoms with E-state index in [0.29, 0.717) is 5.92 Å². The van der Waals surface area contributed by atoms with Crippen molar-refractivity contribution in [2.75, 3.05) is 38.2 Å². The molecule has 1 N–H and O–H groups in total. The zero-order valence-electron chi connectivity index (χ0n) is 17.0. The number of carbonyl (C=O) groups is 1. The maximum Gasteiger partial charge on any atom is 0.262 e. The van der Waals surface area contributed by atoms with Gasteiger partial charge in [-0.15, -0.1) is 0 Å². The number of aryl methyl sites for hydroxylation is 1. The minimum absolute atomic E-state index is 0.00389. The first-order chi connectivity index (χ1) is 13.5. The summed E-state index contributed by atoms with van der Waals surface area (Å²) in [4.78, 5) is 14.7. The van der Waals surface area contributed by atoms with Crippen LogP contribution in [0.25, 0.3) is 0 Å². The molecule has 28 heavy (non-hydrogen) atoms. The molecule has 0 unspecified atom stereocenters. The fourth-order valence-electron chi connectivity index (χ4n) is 3.24. The number of ether oxygens (including phenoxy) is 2. The van der Waals surface area contributed by atoms with Crippen molar-refractivity contribution < 1.29 is 14.3 Å². The summed E-state index contributed by atoms with van der Waals surface area (Å²) < 4.78 is 11.2. The molecule has 2 aromatic carbocycles. The molecule has 1 amide bonds. The fourth-order valence-corrected chi connectivity index (χ4v) is 3.24. The van der Waals surface area contributed by atoms with Gasteiger partial charge in [-0.3, -0.25) is 9.69 Å². The Bertz CT molecular complexity index is 798. The van der Waals surface area contributed by atoms with E-state index in [1.165, 1.54) is 11.1 Å². The van der Waals surface area contributed by atoms with Crippen LogP contribution in [0.4, 0.5) is 5.69 Å². The highest BCUT2D eigenvalue weighted by molar-refractivity contribution is 5.91. The lowest BCUT2D eigenvalue weighted by Crippen LogP contribution is -2.35. The van der Waals surface area contributed by atoms with Gasteiger partial charge in [0.15, 0.2) is 6.61 Å². The number of amides is 1. The summed E-state index contributed by atoms with van der Waals surface area (Å²) in [7, 11) is 0. The Hall–Kier alpha value is -2.37. The molecule has 0 spiro atoms. The second-order valence-corrected chi connectivity index (χ2v) is 7.61. The molecule has 0 aliphatic carbocycles. The minimum Gasteiger partial charge on any atom is -0.483 e. The third-order valence-electron chi connectivity index (χ3n) is 4.96. The largest absolute Gasteiger partial charge is 0.483 e. The first-order valence-electron chi connectivity index (χ1n) is 9.93. The summed E-state index contributed by atoms with van der Waals surface area (Å²) in [5.74, 6) is 1.03. The smallest absolute Gasteiger partial charge is 0.262 e. The van der Waals surface area contributed by atoms with Crippen LogP contribution in [-0.4, -0.2) is 43.7 Å². The summed E-state index contributed by atoms with van der Waals surface area (Å²) in [6.45, 7) is 10.6. The molecule has 0 aromatic heterocycles. The monoisotopic (exact) mass is 382 g/mol. The number of nitrogens with zero attached hydrogens (tertiary/aromatic N) is 1. The molecule has 150 valence electrons. The molecule has 3 rings (SSSR count). The van der Waals surface area contributed by atoms with Crippen molar-refractivity contribution in [3.63, 3.8) is 0 Å². The topological polar surface area (TPSA) is 50.8 Å². The molecule has 1 aliphatic heterocycles. The maximum atomic E-state index is 12.4. The summed E-state index contributed by atoms with van der Waals surface area (Å²) in [5, 5.41) is 2.94. The highest BCUT2D eigenvalue weighted by atomic mass is 16.5. The molecule has 0 saturated carbocycles. The van der Waals surface area contributed by atoms with Gasteiger partial charge in [-0.05, 0) is 47.7 Å². The van der Waals surface area contributed by atoms with E-state index in [9.17, 15) is 4.79 Å². The van der Waals surface area contributed by atoms with Crippen molar-refractivity contribution in [1.29, 1.82) is 0 Å². The Balaban J connectivity index is 1.55. The van der Waals surface area contributed by atoms with Crippen molar-refractivity contribution >= 4 is 11.6 Å². The first-order valence-corrected chi connectivity index (χ1v) is 9.93. The van der Waals surface area contributed by atoms with Gasteiger partial charge >= 0.3 is 0 Å². The summed E-state index contributed by atoms with van der Waals surface area (Å²) >= 11 is 0. The molecule has 0 atom stereocenters. The van der Waals surface area contributed by atoms with E-state index in [1.54, 1.807) is 0 Å². The van der Waals surface area contributed by atoms with E-state index in [-0.39, 0.29) is 12.5 Å². The minimum atomic E-state index is -0.155. The summed E-state index contributed by atoms with van der Waals surface area (Å²) in [6.07, 6.45) is 0. The molecule has 0 bridgehead atoms. The number of nitrogens with one attached hydrogen (secondary N) is 1. The van der Waals surface area contributed by atoms with Gasteiger partial charge in [-0.2, -0.15) is 0 Å². The number of hydrogen-bond donors (Lipinski definition) is 1. The number of rotatable bonds is 7. The zero-order chi connectivity index (χ0) is 19.9. The van der Waals surface area contributed by atoms with Crippen LogP contribution in [0, 0.1) is 6.92 Å². The molecule has 1 heterocycles. The van der Waals surface area contributed by atoms with E-state index in [0.717, 1.165) is 49.8 Å². The molecule has 1 aliphatic rings. The molecular formula is C23H30N2O3. The van der Waals surface area contributed by atoms with E-state index >= 15 is 0 Å². The van der Waals surface area contributed by atoms with E-state index in [1.807, 2.05) is 37.3 Å². The average Bonchev–Trinajstić information content (AvgIpc) is 2.68. The van der Waals surface area contributed by atoms with Crippen LogP contribution in [0.5, 0.6) is 5.75 Å². The van der Waals surface area contributed by atoms with Gasteiger partial charge in [0, 0.05) is 25.3 Å². The Morgan fingerprint density at radius 3 is 2.71 bits per heavy atom. The lowest BCUT2D eigenvalue weighted by atomic mass is 10.0. The van der Waals surface area contributed by atoms with Crippen molar-refractivity contribution in [3.05, 3.63) is 59.2 Å². The average molecular weight is 383 g/mol. The van der Waals surface area contributed by atoms with Crippen LogP contribution in [0.2, 0.25) is 0 Å². The highest BCUT2D eigenvalue weighted by Gasteiger charge is 2.12. The standard InChI is InChI=1S/C23H30N2O3/c1-17(2)20-8-7-18(3)22(14-20)28-16-23(26)24-21-6-4-5-19(13-21)15-25-9-11-27-12-10-25/h4-8,13-14,17H,9-12,15-16H2,1-3H3,(H,24,26). The quantitative estimate of drug-likeness (QED) is 0.787. The van der Waals surface area contributed by atoms with Crippen LogP contribution in [0.3, 0.4) is 0 Å². The molecular weight excluding hydrogens is 352 g/mol. The van der Waals surface area contributed by atoms with Crippen LogP contribution >= 0.6 is 0 Å². The van der Waals surface area contributed by atoms with Crippen LogP contribution < -0.4 is 10.1 Å². The molecule has 2 aromatic rings. The summed E-state index contributed by atoms with van der Waals surface area (Å²) in [6, 6.07) is 14.2. The zero-order valence-corrected chi connectivity index (χ0v) is 17.0. The van der Waals surface area contributed by atoms with Gasteiger partial charge in [-0.1, -0.05) is 38.1 Å². The number of anilines is 1. The lowest BCUT2D eigenvalue weighted by Gasteiger charge is -2.26. The summed E-state index contributed by atoms with van der Waals surface area (Å²) in [5.41, 5.74) is 4.22. The first kappa shape index (κ1) is 20.4. The second-order valence-electron chi connectivity index (χ2n) is 7.61. The Kier molecular flexibility index (Phi) is 7.06. The molecule has 1 fully saturated rings. The normalized spacial score (nSPS) is 14.9. The van der Waals surface area contributed by atoms with Gasteiger partial charge in [-0.25, -0.2) is 0 Å². The van der Waals surface area contributed by atoms with Crippen molar-refractivity contribution in [2.45, 2.75) is 33.2 Å². The molecule has 0 radical (unpaired) electrons. The van der Waals surface area contributed by atoms with Gasteiger partial charge < -0.3 is 14.8 Å². The number of benzene rings is 2. The van der Waals surface area contributed by atoms with Gasteiger partial charge in [0.05, 0.1) is 13.2 Å². The van der Waals surface area contributed by atoms with E-state index in [4.69, 9.17) is 9.47 Å². The Labute approximate surface area is 167 Å². The molecule has 5 heteroatoms. The SMILES string of the molecule is Cc1ccc(C(C)C)cc1OCC(=O)Nc1cccc(CN2CCOCC2)c1. The highest BCUT2D eigenvalue weighted by Crippen LogP contribution is 2.24.